The van der Waals surface area contributed by atoms with Crippen LogP contribution in [0.1, 0.15) is 43.2 Å². The van der Waals surface area contributed by atoms with Gasteiger partial charge >= 0.3 is 6.18 Å². The second-order valence-electron chi connectivity index (χ2n) is 7.46. The molecular formula is C19H25F3N2O2. The number of benzene rings is 1. The number of hydrogen-bond donors (Lipinski definition) is 2. The van der Waals surface area contributed by atoms with Gasteiger partial charge in [-0.3, -0.25) is 4.79 Å². The number of amides is 1. The number of alkyl halides is 3. The highest BCUT2D eigenvalue weighted by Gasteiger charge is 2.38. The van der Waals surface area contributed by atoms with Crippen molar-refractivity contribution in [1.29, 1.82) is 0 Å². The number of carbonyl (C=O) groups is 1. The Balaban J connectivity index is 1.77. The third-order valence-corrected chi connectivity index (χ3v) is 5.70. The molecule has 7 heteroatoms. The van der Waals surface area contributed by atoms with E-state index in [1.54, 1.807) is 6.07 Å². The molecule has 0 bridgehead atoms. The summed E-state index contributed by atoms with van der Waals surface area (Å²) in [6, 6.07) is 5.51. The van der Waals surface area contributed by atoms with Crippen molar-refractivity contribution >= 4 is 5.91 Å². The highest BCUT2D eigenvalue weighted by atomic mass is 19.4. The van der Waals surface area contributed by atoms with E-state index in [-0.39, 0.29) is 17.9 Å². The van der Waals surface area contributed by atoms with Crippen molar-refractivity contribution in [2.24, 2.45) is 11.7 Å². The predicted molar refractivity (Wildman–Crippen MR) is 91.5 cm³/mol. The van der Waals surface area contributed by atoms with E-state index in [4.69, 9.17) is 10.5 Å². The summed E-state index contributed by atoms with van der Waals surface area (Å²) in [5, 5.41) is 2.98. The first-order valence-electron chi connectivity index (χ1n) is 9.09. The van der Waals surface area contributed by atoms with E-state index in [9.17, 15) is 18.0 Å². The van der Waals surface area contributed by atoms with Gasteiger partial charge in [0.15, 0.2) is 0 Å². The molecule has 26 heavy (non-hydrogen) atoms. The van der Waals surface area contributed by atoms with Gasteiger partial charge in [0.25, 0.3) is 0 Å². The molecule has 1 amide bonds. The van der Waals surface area contributed by atoms with Gasteiger partial charge < -0.3 is 15.8 Å². The lowest BCUT2D eigenvalue weighted by molar-refractivity contribution is -0.137. The van der Waals surface area contributed by atoms with E-state index >= 15 is 0 Å². The van der Waals surface area contributed by atoms with Gasteiger partial charge in [0.1, 0.15) is 0 Å². The Kier molecular flexibility index (Phi) is 5.58. The lowest BCUT2D eigenvalue weighted by Gasteiger charge is -2.38. The average molecular weight is 370 g/mol. The lowest BCUT2D eigenvalue weighted by atomic mass is 9.73. The van der Waals surface area contributed by atoms with Gasteiger partial charge in [-0.1, -0.05) is 18.2 Å². The van der Waals surface area contributed by atoms with Crippen LogP contribution in [0, 0.1) is 5.92 Å². The fraction of sp³-hybridized carbons (Fsp3) is 0.632. The van der Waals surface area contributed by atoms with E-state index in [2.05, 4.69) is 5.32 Å². The quantitative estimate of drug-likeness (QED) is 0.856. The van der Waals surface area contributed by atoms with Crippen molar-refractivity contribution < 1.29 is 22.7 Å². The molecule has 0 spiro atoms. The molecule has 1 aliphatic carbocycles. The fourth-order valence-corrected chi connectivity index (χ4v) is 4.01. The Morgan fingerprint density at radius 2 is 2.00 bits per heavy atom. The zero-order valence-corrected chi connectivity index (χ0v) is 14.6. The summed E-state index contributed by atoms with van der Waals surface area (Å²) in [4.78, 5) is 12.5. The SMILES string of the molecule is NC1CCC(C(=O)NCC2(c3cccc(C(F)(F)F)c3)CCOCC2)C1. The van der Waals surface area contributed by atoms with Crippen LogP contribution in [0.2, 0.25) is 0 Å². The minimum absolute atomic E-state index is 0.0456. The second-order valence-corrected chi connectivity index (χ2v) is 7.46. The first kappa shape index (κ1) is 19.2. The lowest BCUT2D eigenvalue weighted by Crippen LogP contribution is -2.46. The van der Waals surface area contributed by atoms with Crippen molar-refractivity contribution in [2.45, 2.75) is 49.7 Å². The molecule has 2 atom stereocenters. The van der Waals surface area contributed by atoms with E-state index in [0.29, 0.717) is 44.6 Å². The van der Waals surface area contributed by atoms with Crippen molar-refractivity contribution in [2.75, 3.05) is 19.8 Å². The third-order valence-electron chi connectivity index (χ3n) is 5.70. The molecule has 1 saturated carbocycles. The van der Waals surface area contributed by atoms with Crippen molar-refractivity contribution in [3.8, 4) is 0 Å². The molecule has 1 aromatic carbocycles. The topological polar surface area (TPSA) is 64.4 Å². The van der Waals surface area contributed by atoms with Gasteiger partial charge in [-0.25, -0.2) is 0 Å². The third kappa shape index (κ3) is 4.20. The monoisotopic (exact) mass is 370 g/mol. The number of rotatable bonds is 4. The Morgan fingerprint density at radius 1 is 1.27 bits per heavy atom. The molecular weight excluding hydrogens is 345 g/mol. The maximum atomic E-state index is 13.1. The Labute approximate surface area is 151 Å². The molecule has 1 saturated heterocycles. The Morgan fingerprint density at radius 3 is 2.62 bits per heavy atom. The van der Waals surface area contributed by atoms with Crippen LogP contribution in [0.5, 0.6) is 0 Å². The highest BCUT2D eigenvalue weighted by molar-refractivity contribution is 5.79. The number of ether oxygens (including phenoxy) is 1. The van der Waals surface area contributed by atoms with Crippen LogP contribution in [0.4, 0.5) is 13.2 Å². The van der Waals surface area contributed by atoms with Crippen LogP contribution in [-0.4, -0.2) is 31.7 Å². The van der Waals surface area contributed by atoms with Crippen LogP contribution < -0.4 is 11.1 Å². The average Bonchev–Trinajstić information content (AvgIpc) is 3.06. The summed E-state index contributed by atoms with van der Waals surface area (Å²) in [6.07, 6.45) is -0.938. The number of carbonyl (C=O) groups excluding carboxylic acids is 1. The van der Waals surface area contributed by atoms with E-state index < -0.39 is 17.2 Å². The summed E-state index contributed by atoms with van der Waals surface area (Å²) in [5.41, 5.74) is 5.29. The zero-order chi connectivity index (χ0) is 18.8. The van der Waals surface area contributed by atoms with Crippen molar-refractivity contribution in [3.05, 3.63) is 35.4 Å². The fourth-order valence-electron chi connectivity index (χ4n) is 4.01. The van der Waals surface area contributed by atoms with Crippen LogP contribution in [0.15, 0.2) is 24.3 Å². The van der Waals surface area contributed by atoms with Crippen LogP contribution in [-0.2, 0) is 21.1 Å². The summed E-state index contributed by atoms with van der Waals surface area (Å²) < 4.78 is 44.7. The van der Waals surface area contributed by atoms with Gasteiger partial charge in [-0.15, -0.1) is 0 Å². The molecule has 0 aromatic heterocycles. The molecule has 0 radical (unpaired) electrons. The first-order chi connectivity index (χ1) is 12.3. The molecule has 1 aromatic rings. The minimum atomic E-state index is -4.38. The van der Waals surface area contributed by atoms with E-state index in [1.165, 1.54) is 12.1 Å². The standard InChI is InChI=1S/C19H25F3N2O2/c20-19(21,22)15-3-1-2-14(11-15)18(6-8-26-9-7-18)12-24-17(25)13-4-5-16(23)10-13/h1-3,11,13,16H,4-10,12,23H2,(H,24,25). The van der Waals surface area contributed by atoms with Crippen LogP contribution in [0.3, 0.4) is 0 Å². The minimum Gasteiger partial charge on any atom is -0.381 e. The van der Waals surface area contributed by atoms with Crippen molar-refractivity contribution in [3.63, 3.8) is 0 Å². The van der Waals surface area contributed by atoms with Gasteiger partial charge in [0, 0.05) is 37.1 Å². The normalized spacial score (nSPS) is 25.8. The molecule has 2 fully saturated rings. The summed E-state index contributed by atoms with van der Waals surface area (Å²) in [7, 11) is 0. The number of nitrogens with one attached hydrogen (secondary N) is 1. The first-order valence-corrected chi connectivity index (χ1v) is 9.09. The molecule has 2 aliphatic rings. The highest BCUT2D eigenvalue weighted by Crippen LogP contribution is 2.38. The molecule has 1 aliphatic heterocycles. The van der Waals surface area contributed by atoms with Crippen LogP contribution in [0.25, 0.3) is 0 Å². The smallest absolute Gasteiger partial charge is 0.381 e. The largest absolute Gasteiger partial charge is 0.416 e. The van der Waals surface area contributed by atoms with Gasteiger partial charge in [-0.2, -0.15) is 13.2 Å². The van der Waals surface area contributed by atoms with Gasteiger partial charge in [-0.05, 0) is 43.7 Å². The summed E-state index contributed by atoms with van der Waals surface area (Å²) in [5.74, 6) is -0.140. The molecule has 2 unspecified atom stereocenters. The second kappa shape index (κ2) is 7.56. The predicted octanol–water partition coefficient (Wildman–Crippen LogP) is 3.00. The van der Waals surface area contributed by atoms with Gasteiger partial charge in [0.2, 0.25) is 5.91 Å². The molecule has 4 nitrogen and oxygen atoms in total. The van der Waals surface area contributed by atoms with Crippen molar-refractivity contribution in [1.82, 2.24) is 5.32 Å². The Hall–Kier alpha value is -1.60. The molecule has 144 valence electrons. The maximum absolute atomic E-state index is 13.1. The molecule has 3 N–H and O–H groups in total. The Bertz CT molecular complexity index is 642. The maximum Gasteiger partial charge on any atom is 0.416 e. The molecule has 1 heterocycles. The number of halogens is 3. The number of nitrogens with two attached hydrogens (primary N) is 1. The summed E-state index contributed by atoms with van der Waals surface area (Å²) in [6.45, 7) is 1.27. The number of hydrogen-bond acceptors (Lipinski definition) is 3. The zero-order valence-electron chi connectivity index (χ0n) is 14.6. The molecule has 3 rings (SSSR count). The van der Waals surface area contributed by atoms with Crippen LogP contribution >= 0.6 is 0 Å². The van der Waals surface area contributed by atoms with Gasteiger partial charge in [0.05, 0.1) is 5.56 Å². The summed E-state index contributed by atoms with van der Waals surface area (Å²) >= 11 is 0. The van der Waals surface area contributed by atoms with E-state index in [0.717, 1.165) is 18.9 Å². The van der Waals surface area contributed by atoms with E-state index in [1.807, 2.05) is 0 Å².